The van der Waals surface area contributed by atoms with Crippen molar-refractivity contribution < 1.29 is 14.2 Å². The summed E-state index contributed by atoms with van der Waals surface area (Å²) < 4.78 is 18.9. The molecular weight excluding hydrogens is 480 g/mol. The SMILES string of the molecule is C=C(C)c1ccc(C(OC(c2ccc(C(=C)C)cc2-c2ccccc2)C2CO2)C2CO2)c(-c2ccccc2)c1. The van der Waals surface area contributed by atoms with Crippen molar-refractivity contribution in [1.29, 1.82) is 0 Å². The van der Waals surface area contributed by atoms with Gasteiger partial charge >= 0.3 is 0 Å². The van der Waals surface area contributed by atoms with Gasteiger partial charge in [0.2, 0.25) is 0 Å². The van der Waals surface area contributed by atoms with Crippen molar-refractivity contribution in [3.8, 4) is 22.3 Å². The predicted molar refractivity (Wildman–Crippen MR) is 159 cm³/mol. The molecule has 2 fully saturated rings. The fourth-order valence-electron chi connectivity index (χ4n) is 5.22. The third-order valence-electron chi connectivity index (χ3n) is 7.56. The predicted octanol–water partition coefficient (Wildman–Crippen LogP) is 8.68. The fraction of sp³-hybridized carbons (Fsp3) is 0.222. The second kappa shape index (κ2) is 10.8. The number of hydrogen-bond donors (Lipinski definition) is 0. The summed E-state index contributed by atoms with van der Waals surface area (Å²) in [6, 6.07) is 34.1. The molecule has 4 atom stereocenters. The van der Waals surface area contributed by atoms with Gasteiger partial charge in [0.1, 0.15) is 24.4 Å². The Balaban J connectivity index is 1.44. The van der Waals surface area contributed by atoms with Crippen molar-refractivity contribution in [2.45, 2.75) is 38.3 Å². The number of ether oxygens (including phenoxy) is 3. The molecule has 6 rings (SSSR count). The average molecular weight is 515 g/mol. The largest absolute Gasteiger partial charge is 0.370 e. The first kappa shape index (κ1) is 25.5. The Morgan fingerprint density at radius 1 is 0.641 bits per heavy atom. The van der Waals surface area contributed by atoms with Crippen molar-refractivity contribution in [3.63, 3.8) is 0 Å². The molecule has 0 N–H and O–H groups in total. The average Bonchev–Trinajstić information content (AvgIpc) is 3.89. The van der Waals surface area contributed by atoms with Gasteiger partial charge in [-0.15, -0.1) is 0 Å². The highest BCUT2D eigenvalue weighted by Gasteiger charge is 2.43. The van der Waals surface area contributed by atoms with Crippen LogP contribution in [0.4, 0.5) is 0 Å². The summed E-state index contributed by atoms with van der Waals surface area (Å²) in [7, 11) is 0. The molecule has 4 unspecified atom stereocenters. The molecule has 0 bridgehead atoms. The molecule has 2 aliphatic rings. The molecule has 0 aliphatic carbocycles. The van der Waals surface area contributed by atoms with Crippen molar-refractivity contribution >= 4 is 11.1 Å². The van der Waals surface area contributed by atoms with Gasteiger partial charge in [-0.1, -0.05) is 109 Å². The molecule has 2 aliphatic heterocycles. The van der Waals surface area contributed by atoms with Gasteiger partial charge in [-0.3, -0.25) is 0 Å². The number of allylic oxidation sites excluding steroid dienone is 2. The molecule has 0 spiro atoms. The lowest BCUT2D eigenvalue weighted by Gasteiger charge is -2.27. The molecule has 3 heteroatoms. The Morgan fingerprint density at radius 3 is 1.36 bits per heavy atom. The number of benzene rings is 4. The summed E-state index contributed by atoms with van der Waals surface area (Å²) in [5, 5.41) is 0. The van der Waals surface area contributed by atoms with Crippen molar-refractivity contribution in [2.75, 3.05) is 13.2 Å². The van der Waals surface area contributed by atoms with E-state index in [0.29, 0.717) is 13.2 Å². The summed E-state index contributed by atoms with van der Waals surface area (Å²) in [5.74, 6) is 0. The molecule has 3 nitrogen and oxygen atoms in total. The van der Waals surface area contributed by atoms with Gasteiger partial charge in [0.25, 0.3) is 0 Å². The minimum Gasteiger partial charge on any atom is -0.370 e. The van der Waals surface area contributed by atoms with E-state index in [-0.39, 0.29) is 24.4 Å². The second-order valence-electron chi connectivity index (χ2n) is 10.6. The summed E-state index contributed by atoms with van der Waals surface area (Å²) in [6.45, 7) is 13.8. The van der Waals surface area contributed by atoms with Crippen LogP contribution in [0.15, 0.2) is 110 Å². The number of hydrogen-bond acceptors (Lipinski definition) is 3. The minimum absolute atomic E-state index is 0.000687. The van der Waals surface area contributed by atoms with Crippen LogP contribution in [0, 0.1) is 0 Å². The van der Waals surface area contributed by atoms with Crippen molar-refractivity contribution in [1.82, 2.24) is 0 Å². The van der Waals surface area contributed by atoms with Crippen LogP contribution in [0.5, 0.6) is 0 Å². The summed E-state index contributed by atoms with van der Waals surface area (Å²) in [5.41, 5.74) is 11.2. The normalized spacial score (nSPS) is 19.2. The molecule has 4 aromatic carbocycles. The van der Waals surface area contributed by atoms with Gasteiger partial charge in [-0.2, -0.15) is 0 Å². The van der Waals surface area contributed by atoms with E-state index >= 15 is 0 Å². The van der Waals surface area contributed by atoms with E-state index in [2.05, 4.69) is 98.1 Å². The minimum atomic E-state index is -0.238. The van der Waals surface area contributed by atoms with E-state index in [0.717, 1.165) is 55.7 Å². The molecule has 0 saturated carbocycles. The quantitative estimate of drug-likeness (QED) is 0.199. The van der Waals surface area contributed by atoms with Crippen LogP contribution < -0.4 is 0 Å². The van der Waals surface area contributed by atoms with Crippen molar-refractivity contribution in [2.24, 2.45) is 0 Å². The first-order chi connectivity index (χ1) is 19.0. The zero-order chi connectivity index (χ0) is 26.9. The van der Waals surface area contributed by atoms with E-state index < -0.39 is 0 Å². The molecule has 2 heterocycles. The Bertz CT molecular complexity index is 1380. The maximum absolute atomic E-state index is 7.10. The van der Waals surface area contributed by atoms with E-state index in [1.807, 2.05) is 26.0 Å². The van der Waals surface area contributed by atoms with E-state index in [9.17, 15) is 0 Å². The van der Waals surface area contributed by atoms with Crippen LogP contribution in [0.25, 0.3) is 33.4 Å². The highest BCUT2D eigenvalue weighted by Crippen LogP contribution is 2.45. The number of epoxide rings is 2. The molecule has 196 valence electrons. The Kier molecular flexibility index (Phi) is 7.05. The third kappa shape index (κ3) is 5.53. The number of rotatable bonds is 10. The molecule has 0 radical (unpaired) electrons. The lowest BCUT2D eigenvalue weighted by atomic mass is 9.90. The van der Waals surface area contributed by atoms with Gasteiger partial charge in [-0.05, 0) is 70.5 Å². The van der Waals surface area contributed by atoms with Crippen molar-refractivity contribution in [3.05, 3.63) is 132 Å². The van der Waals surface area contributed by atoms with Crippen LogP contribution in [0.2, 0.25) is 0 Å². The molecule has 4 aromatic rings. The second-order valence-corrected chi connectivity index (χ2v) is 10.6. The smallest absolute Gasteiger partial charge is 0.112 e. The zero-order valence-electron chi connectivity index (χ0n) is 22.6. The van der Waals surface area contributed by atoms with E-state index in [4.69, 9.17) is 14.2 Å². The highest BCUT2D eigenvalue weighted by atomic mass is 16.6. The molecule has 0 aromatic heterocycles. The van der Waals surface area contributed by atoms with Crippen LogP contribution in [0.3, 0.4) is 0 Å². The lowest BCUT2D eigenvalue weighted by Crippen LogP contribution is -2.20. The molecular formula is C36H34O3. The van der Waals surface area contributed by atoms with Gasteiger partial charge in [-0.25, -0.2) is 0 Å². The molecule has 39 heavy (non-hydrogen) atoms. The first-order valence-corrected chi connectivity index (χ1v) is 13.6. The van der Waals surface area contributed by atoms with Crippen LogP contribution in [0.1, 0.15) is 48.3 Å². The monoisotopic (exact) mass is 514 g/mol. The Morgan fingerprint density at radius 2 is 1.03 bits per heavy atom. The van der Waals surface area contributed by atoms with Crippen LogP contribution in [-0.4, -0.2) is 25.4 Å². The van der Waals surface area contributed by atoms with E-state index in [1.54, 1.807) is 0 Å². The summed E-state index contributed by atoms with van der Waals surface area (Å²) in [4.78, 5) is 0. The molecule has 0 amide bonds. The first-order valence-electron chi connectivity index (χ1n) is 13.6. The van der Waals surface area contributed by atoms with Gasteiger partial charge in [0, 0.05) is 0 Å². The topological polar surface area (TPSA) is 34.3 Å². The van der Waals surface area contributed by atoms with Crippen LogP contribution in [-0.2, 0) is 14.2 Å². The maximum atomic E-state index is 7.10. The molecule has 2 saturated heterocycles. The summed E-state index contributed by atoms with van der Waals surface area (Å²) >= 11 is 0. The third-order valence-corrected chi connectivity index (χ3v) is 7.56. The van der Waals surface area contributed by atoms with Gasteiger partial charge in [0.15, 0.2) is 0 Å². The van der Waals surface area contributed by atoms with E-state index in [1.165, 1.54) is 0 Å². The zero-order valence-corrected chi connectivity index (χ0v) is 22.6. The lowest BCUT2D eigenvalue weighted by molar-refractivity contribution is -0.0413. The van der Waals surface area contributed by atoms with Crippen LogP contribution >= 0.6 is 0 Å². The standard InChI is InChI=1S/C36H34O3/c1-23(2)27-15-17-29(31(19-27)25-11-7-5-8-12-25)35(33-21-37-33)39-36(34-22-38-34)30-18-16-28(24(3)4)20-32(30)26-13-9-6-10-14-26/h5-20,33-36H,1,3,21-22H2,2,4H3. The summed E-state index contributed by atoms with van der Waals surface area (Å²) in [6.07, 6.45) is -0.477. The maximum Gasteiger partial charge on any atom is 0.112 e. The Hall–Kier alpha value is -3.76. The van der Waals surface area contributed by atoms with Gasteiger partial charge in [0.05, 0.1) is 13.2 Å². The Labute approximate surface area is 231 Å². The fourth-order valence-corrected chi connectivity index (χ4v) is 5.22. The highest BCUT2D eigenvalue weighted by molar-refractivity contribution is 5.75. The van der Waals surface area contributed by atoms with Gasteiger partial charge < -0.3 is 14.2 Å².